The number of unbranched alkanes of at least 4 members (excludes halogenated alkanes) is 13. The van der Waals surface area contributed by atoms with Crippen LogP contribution in [0.3, 0.4) is 0 Å². The molecule has 0 aliphatic heterocycles. The van der Waals surface area contributed by atoms with Gasteiger partial charge in [0.15, 0.2) is 0 Å². The summed E-state index contributed by atoms with van der Waals surface area (Å²) in [4.78, 5) is 24.0. The quantitative estimate of drug-likeness (QED) is 0.180. The first-order chi connectivity index (χ1) is 14.8. The van der Waals surface area contributed by atoms with E-state index >= 15 is 0 Å². The summed E-state index contributed by atoms with van der Waals surface area (Å²) >= 11 is 0. The molecule has 31 heavy (non-hydrogen) atoms. The van der Waals surface area contributed by atoms with E-state index in [1.54, 1.807) is 0 Å². The van der Waals surface area contributed by atoms with Gasteiger partial charge >= 0.3 is 5.97 Å². The molecule has 1 aliphatic rings. The van der Waals surface area contributed by atoms with Crippen LogP contribution in [0.25, 0.3) is 0 Å². The molecule has 4 nitrogen and oxygen atoms in total. The van der Waals surface area contributed by atoms with E-state index in [4.69, 9.17) is 4.74 Å². The standard InChI is InChI=1S/C27H51NO3/c1-5-6-7-8-9-10-11-12-13-14-15-16-17-18-19-28-26(30)24-20-23(21-24)22-25(29)31-27(2,3)4/h23-24H,5-22H2,1-4H3,(H,28,30). The summed E-state index contributed by atoms with van der Waals surface area (Å²) in [5, 5.41) is 3.08. The van der Waals surface area contributed by atoms with Crippen LogP contribution in [0.2, 0.25) is 0 Å². The molecular formula is C27H51NO3. The molecule has 0 saturated heterocycles. The predicted octanol–water partition coefficient (Wildman–Crippen LogP) is 7.34. The number of carbonyl (C=O) groups is 2. The smallest absolute Gasteiger partial charge is 0.306 e. The Morgan fingerprint density at radius 1 is 0.774 bits per heavy atom. The van der Waals surface area contributed by atoms with E-state index in [2.05, 4.69) is 12.2 Å². The van der Waals surface area contributed by atoms with Gasteiger partial charge in [-0.1, -0.05) is 90.4 Å². The summed E-state index contributed by atoms with van der Waals surface area (Å²) < 4.78 is 5.36. The van der Waals surface area contributed by atoms with Crippen LogP contribution in [-0.4, -0.2) is 24.0 Å². The van der Waals surface area contributed by atoms with E-state index in [9.17, 15) is 9.59 Å². The van der Waals surface area contributed by atoms with Gasteiger partial charge in [0, 0.05) is 18.9 Å². The van der Waals surface area contributed by atoms with Crippen molar-refractivity contribution in [3.63, 3.8) is 0 Å². The molecule has 0 aromatic heterocycles. The molecule has 0 unspecified atom stereocenters. The first-order valence-electron chi connectivity index (χ1n) is 13.3. The third-order valence-corrected chi connectivity index (χ3v) is 6.31. The Morgan fingerprint density at radius 2 is 1.23 bits per heavy atom. The zero-order valence-corrected chi connectivity index (χ0v) is 21.1. The maximum atomic E-state index is 12.2. The fraction of sp³-hybridized carbons (Fsp3) is 0.926. The summed E-state index contributed by atoms with van der Waals surface area (Å²) in [5.74, 6) is 0.444. The molecule has 1 fully saturated rings. The number of amides is 1. The first kappa shape index (κ1) is 28.0. The maximum absolute atomic E-state index is 12.2. The third kappa shape index (κ3) is 15.4. The van der Waals surface area contributed by atoms with Crippen LogP contribution < -0.4 is 5.32 Å². The maximum Gasteiger partial charge on any atom is 0.306 e. The van der Waals surface area contributed by atoms with E-state index in [0.717, 1.165) is 25.8 Å². The Bertz CT molecular complexity index is 477. The van der Waals surface area contributed by atoms with Gasteiger partial charge in [-0.05, 0) is 46.0 Å². The van der Waals surface area contributed by atoms with Crippen molar-refractivity contribution in [2.75, 3.05) is 6.54 Å². The van der Waals surface area contributed by atoms with E-state index in [1.807, 2.05) is 20.8 Å². The van der Waals surface area contributed by atoms with Crippen LogP contribution in [-0.2, 0) is 14.3 Å². The minimum Gasteiger partial charge on any atom is -0.460 e. The summed E-state index contributed by atoms with van der Waals surface area (Å²) in [7, 11) is 0. The van der Waals surface area contributed by atoms with Crippen LogP contribution in [0.15, 0.2) is 0 Å². The lowest BCUT2D eigenvalue weighted by molar-refractivity contribution is -0.157. The molecule has 0 spiro atoms. The Kier molecular flexibility index (Phi) is 14.9. The molecule has 182 valence electrons. The Balaban J connectivity index is 1.84. The highest BCUT2D eigenvalue weighted by molar-refractivity contribution is 5.80. The van der Waals surface area contributed by atoms with Crippen molar-refractivity contribution >= 4 is 11.9 Å². The van der Waals surface area contributed by atoms with Gasteiger partial charge in [-0.25, -0.2) is 0 Å². The van der Waals surface area contributed by atoms with Gasteiger partial charge in [-0.3, -0.25) is 9.59 Å². The summed E-state index contributed by atoms with van der Waals surface area (Å²) in [6.07, 6.45) is 21.0. The van der Waals surface area contributed by atoms with Gasteiger partial charge in [-0.2, -0.15) is 0 Å². The largest absolute Gasteiger partial charge is 0.460 e. The Morgan fingerprint density at radius 3 is 1.68 bits per heavy atom. The van der Waals surface area contributed by atoms with Gasteiger partial charge in [0.25, 0.3) is 0 Å². The topological polar surface area (TPSA) is 55.4 Å². The molecule has 4 heteroatoms. The number of hydrogen-bond acceptors (Lipinski definition) is 3. The van der Waals surface area contributed by atoms with E-state index in [-0.39, 0.29) is 17.8 Å². The lowest BCUT2D eigenvalue weighted by Crippen LogP contribution is -2.40. The zero-order chi connectivity index (χ0) is 23.0. The highest BCUT2D eigenvalue weighted by Crippen LogP contribution is 2.36. The van der Waals surface area contributed by atoms with Gasteiger partial charge in [0.2, 0.25) is 5.91 Å². The second-order valence-electron chi connectivity index (χ2n) is 10.7. The number of hydrogen-bond donors (Lipinski definition) is 1. The fourth-order valence-corrected chi connectivity index (χ4v) is 4.41. The number of nitrogens with one attached hydrogen (secondary N) is 1. The van der Waals surface area contributed by atoms with Crippen molar-refractivity contribution in [1.29, 1.82) is 0 Å². The van der Waals surface area contributed by atoms with Crippen molar-refractivity contribution in [1.82, 2.24) is 5.32 Å². The zero-order valence-electron chi connectivity index (χ0n) is 21.1. The third-order valence-electron chi connectivity index (χ3n) is 6.31. The predicted molar refractivity (Wildman–Crippen MR) is 130 cm³/mol. The molecular weight excluding hydrogens is 386 g/mol. The lowest BCUT2D eigenvalue weighted by atomic mass is 9.73. The van der Waals surface area contributed by atoms with Crippen molar-refractivity contribution in [2.45, 2.75) is 142 Å². The molecule has 1 rings (SSSR count). The second-order valence-corrected chi connectivity index (χ2v) is 10.7. The molecule has 1 N–H and O–H groups in total. The summed E-state index contributed by atoms with van der Waals surface area (Å²) in [5.41, 5.74) is -0.425. The number of rotatable bonds is 18. The average molecular weight is 438 g/mol. The van der Waals surface area contributed by atoms with Crippen LogP contribution in [0.1, 0.15) is 137 Å². The van der Waals surface area contributed by atoms with Crippen LogP contribution >= 0.6 is 0 Å². The molecule has 1 amide bonds. The monoisotopic (exact) mass is 437 g/mol. The molecule has 0 bridgehead atoms. The van der Waals surface area contributed by atoms with Gasteiger partial charge in [0.1, 0.15) is 5.60 Å². The molecule has 0 heterocycles. The van der Waals surface area contributed by atoms with Crippen molar-refractivity contribution in [2.24, 2.45) is 11.8 Å². The van der Waals surface area contributed by atoms with Crippen LogP contribution in [0.4, 0.5) is 0 Å². The SMILES string of the molecule is CCCCCCCCCCCCCCCCNC(=O)C1CC(CC(=O)OC(C)(C)C)C1. The van der Waals surface area contributed by atoms with Crippen LogP contribution in [0, 0.1) is 11.8 Å². The van der Waals surface area contributed by atoms with Crippen LogP contribution in [0.5, 0.6) is 0 Å². The Labute approximate surface area is 192 Å². The highest BCUT2D eigenvalue weighted by Gasteiger charge is 2.36. The normalized spacial score (nSPS) is 18.5. The molecule has 1 aliphatic carbocycles. The second kappa shape index (κ2) is 16.6. The minimum atomic E-state index is -0.425. The van der Waals surface area contributed by atoms with Gasteiger partial charge < -0.3 is 10.1 Å². The number of carbonyl (C=O) groups excluding carboxylic acids is 2. The molecule has 0 atom stereocenters. The molecule has 0 radical (unpaired) electrons. The number of esters is 1. The Hall–Kier alpha value is -1.06. The molecule has 0 aromatic rings. The lowest BCUT2D eigenvalue weighted by Gasteiger charge is -2.34. The molecule has 1 saturated carbocycles. The average Bonchev–Trinajstić information content (AvgIpc) is 2.65. The molecule has 0 aromatic carbocycles. The minimum absolute atomic E-state index is 0.0964. The van der Waals surface area contributed by atoms with Gasteiger partial charge in [-0.15, -0.1) is 0 Å². The van der Waals surface area contributed by atoms with E-state index in [1.165, 1.54) is 83.5 Å². The number of ether oxygens (including phenoxy) is 1. The van der Waals surface area contributed by atoms with Crippen molar-refractivity contribution < 1.29 is 14.3 Å². The van der Waals surface area contributed by atoms with E-state index < -0.39 is 5.60 Å². The van der Waals surface area contributed by atoms with Crippen molar-refractivity contribution in [3.8, 4) is 0 Å². The first-order valence-corrected chi connectivity index (χ1v) is 13.3. The highest BCUT2D eigenvalue weighted by atomic mass is 16.6. The van der Waals surface area contributed by atoms with E-state index in [0.29, 0.717) is 12.3 Å². The van der Waals surface area contributed by atoms with Crippen molar-refractivity contribution in [3.05, 3.63) is 0 Å². The van der Waals surface area contributed by atoms with Gasteiger partial charge in [0.05, 0.1) is 0 Å². The summed E-state index contributed by atoms with van der Waals surface area (Å²) in [6.45, 7) is 8.74. The summed E-state index contributed by atoms with van der Waals surface area (Å²) in [6, 6.07) is 0. The fourth-order valence-electron chi connectivity index (χ4n) is 4.41.